The van der Waals surface area contributed by atoms with Gasteiger partial charge in [0.05, 0.1) is 0 Å². The smallest absolute Gasteiger partial charge is 0.243 e. The lowest BCUT2D eigenvalue weighted by atomic mass is 10.0. The lowest BCUT2D eigenvalue weighted by Gasteiger charge is -2.35. The van der Waals surface area contributed by atoms with Crippen LogP contribution < -0.4 is 15.5 Å². The van der Waals surface area contributed by atoms with E-state index in [1.165, 1.54) is 25.1 Å². The van der Waals surface area contributed by atoms with Crippen molar-refractivity contribution in [3.8, 4) is 0 Å². The number of amides is 1. The van der Waals surface area contributed by atoms with Crippen LogP contribution in [0.1, 0.15) is 32.6 Å². The molecule has 2 saturated heterocycles. The molecule has 174 valence electrons. The minimum atomic E-state index is 0. The second-order valence-corrected chi connectivity index (χ2v) is 8.52. The van der Waals surface area contributed by atoms with E-state index in [-0.39, 0.29) is 36.4 Å². The summed E-state index contributed by atoms with van der Waals surface area (Å²) in [7, 11) is 3.55. The standard InChI is InChI=1S/C23H38N6O.HI/c1-4-28-14-9-13-21(28)16-24-23(25-17-22(30)27(2)3)26-19-10-8-15-29(18-19)20-11-6-5-7-12-20;/h5-7,11-12,19,21H,4,8-10,13-18H2,1-3H3,(H2,24,25,26);1H. The van der Waals surface area contributed by atoms with Gasteiger partial charge >= 0.3 is 0 Å². The van der Waals surface area contributed by atoms with Crippen molar-refractivity contribution >= 4 is 41.5 Å². The first-order chi connectivity index (χ1) is 14.6. The summed E-state index contributed by atoms with van der Waals surface area (Å²) >= 11 is 0. The Bertz CT molecular complexity index is 699. The average Bonchev–Trinajstić information content (AvgIpc) is 3.23. The first-order valence-corrected chi connectivity index (χ1v) is 11.4. The number of aliphatic imine (C=N–C) groups is 1. The van der Waals surface area contributed by atoms with E-state index in [9.17, 15) is 4.79 Å². The van der Waals surface area contributed by atoms with Gasteiger partial charge in [0, 0.05) is 51.5 Å². The van der Waals surface area contributed by atoms with Gasteiger partial charge in [0.2, 0.25) is 5.91 Å². The second-order valence-electron chi connectivity index (χ2n) is 8.52. The van der Waals surface area contributed by atoms with E-state index in [0.29, 0.717) is 12.1 Å². The number of benzene rings is 1. The Morgan fingerprint density at radius 2 is 1.90 bits per heavy atom. The lowest BCUT2D eigenvalue weighted by molar-refractivity contribution is -0.127. The number of rotatable bonds is 7. The fourth-order valence-corrected chi connectivity index (χ4v) is 4.36. The van der Waals surface area contributed by atoms with Gasteiger partial charge in [-0.15, -0.1) is 24.0 Å². The summed E-state index contributed by atoms with van der Waals surface area (Å²) in [6, 6.07) is 11.4. The van der Waals surface area contributed by atoms with Gasteiger partial charge in [-0.1, -0.05) is 25.1 Å². The van der Waals surface area contributed by atoms with Crippen LogP contribution in [-0.2, 0) is 4.79 Å². The number of guanidine groups is 1. The molecule has 2 atom stereocenters. The summed E-state index contributed by atoms with van der Waals surface area (Å²) in [5.74, 6) is 0.773. The van der Waals surface area contributed by atoms with Crippen molar-refractivity contribution in [2.75, 3.05) is 58.3 Å². The Morgan fingerprint density at radius 3 is 2.61 bits per heavy atom. The van der Waals surface area contributed by atoms with Crippen molar-refractivity contribution in [2.24, 2.45) is 4.99 Å². The highest BCUT2D eigenvalue weighted by molar-refractivity contribution is 14.0. The summed E-state index contributed by atoms with van der Waals surface area (Å²) in [5.41, 5.74) is 1.27. The van der Waals surface area contributed by atoms with Crippen LogP contribution in [-0.4, -0.2) is 87.1 Å². The van der Waals surface area contributed by atoms with E-state index in [2.05, 4.69) is 62.7 Å². The van der Waals surface area contributed by atoms with E-state index < -0.39 is 0 Å². The van der Waals surface area contributed by atoms with Crippen molar-refractivity contribution < 1.29 is 4.79 Å². The van der Waals surface area contributed by atoms with Crippen LogP contribution >= 0.6 is 24.0 Å². The van der Waals surface area contributed by atoms with Crippen molar-refractivity contribution in [3.63, 3.8) is 0 Å². The topological polar surface area (TPSA) is 63.2 Å². The number of piperidine rings is 1. The largest absolute Gasteiger partial charge is 0.369 e. The zero-order chi connectivity index (χ0) is 21.3. The molecular weight excluding hydrogens is 503 g/mol. The Morgan fingerprint density at radius 1 is 1.16 bits per heavy atom. The van der Waals surface area contributed by atoms with Gasteiger partial charge in [-0.3, -0.25) is 9.69 Å². The van der Waals surface area contributed by atoms with E-state index >= 15 is 0 Å². The third-order valence-corrected chi connectivity index (χ3v) is 6.17. The molecule has 0 aliphatic carbocycles. The number of halogens is 1. The van der Waals surface area contributed by atoms with Gasteiger partial charge in [-0.25, -0.2) is 4.99 Å². The van der Waals surface area contributed by atoms with Crippen LogP contribution in [0.2, 0.25) is 0 Å². The van der Waals surface area contributed by atoms with E-state index in [4.69, 9.17) is 0 Å². The maximum atomic E-state index is 12.1. The fraction of sp³-hybridized carbons (Fsp3) is 0.652. The normalized spacial score (nSPS) is 22.0. The van der Waals surface area contributed by atoms with Crippen LogP contribution in [0, 0.1) is 0 Å². The number of carbonyl (C=O) groups is 1. The third kappa shape index (κ3) is 7.82. The number of hydrogen-bond acceptors (Lipinski definition) is 4. The third-order valence-electron chi connectivity index (χ3n) is 6.17. The molecule has 0 spiro atoms. The molecule has 0 radical (unpaired) electrons. The van der Waals surface area contributed by atoms with Crippen molar-refractivity contribution in [1.29, 1.82) is 0 Å². The molecule has 2 aliphatic rings. The number of likely N-dealkylation sites (N-methyl/N-ethyl adjacent to an activating group) is 2. The maximum Gasteiger partial charge on any atom is 0.243 e. The van der Waals surface area contributed by atoms with Crippen LogP contribution in [0.15, 0.2) is 35.3 Å². The first-order valence-electron chi connectivity index (χ1n) is 11.4. The quantitative estimate of drug-likeness (QED) is 0.315. The molecule has 0 saturated carbocycles. The number of likely N-dealkylation sites (tertiary alicyclic amines) is 1. The number of anilines is 1. The summed E-state index contributed by atoms with van der Waals surface area (Å²) in [6.07, 6.45) is 4.72. The molecule has 2 N–H and O–H groups in total. The Labute approximate surface area is 204 Å². The first kappa shape index (κ1) is 25.7. The molecule has 2 unspecified atom stereocenters. The number of nitrogens with one attached hydrogen (secondary N) is 2. The molecule has 8 heteroatoms. The number of carbonyl (C=O) groups excluding carboxylic acids is 1. The highest BCUT2D eigenvalue weighted by atomic mass is 127. The van der Waals surface area contributed by atoms with Crippen LogP contribution in [0.5, 0.6) is 0 Å². The zero-order valence-corrected chi connectivity index (χ0v) is 21.5. The highest BCUT2D eigenvalue weighted by Gasteiger charge is 2.24. The molecule has 2 fully saturated rings. The van der Waals surface area contributed by atoms with Crippen molar-refractivity contribution in [2.45, 2.75) is 44.7 Å². The van der Waals surface area contributed by atoms with E-state index in [1.54, 1.807) is 19.0 Å². The SMILES string of the molecule is CCN1CCCC1CNC(=NCC(=O)N(C)C)NC1CCCN(c2ccccc2)C1.I. The van der Waals surface area contributed by atoms with Gasteiger partial charge in [0.15, 0.2) is 5.96 Å². The fourth-order valence-electron chi connectivity index (χ4n) is 4.36. The summed E-state index contributed by atoms with van der Waals surface area (Å²) in [4.78, 5) is 23.2. The number of para-hydroxylation sites is 1. The van der Waals surface area contributed by atoms with Gasteiger partial charge in [0.25, 0.3) is 0 Å². The van der Waals surface area contributed by atoms with E-state index in [1.807, 2.05) is 0 Å². The van der Waals surface area contributed by atoms with Gasteiger partial charge in [0.1, 0.15) is 6.54 Å². The molecule has 2 heterocycles. The van der Waals surface area contributed by atoms with Crippen LogP contribution in [0.4, 0.5) is 5.69 Å². The van der Waals surface area contributed by atoms with Crippen LogP contribution in [0.25, 0.3) is 0 Å². The molecule has 0 bridgehead atoms. The van der Waals surface area contributed by atoms with E-state index in [0.717, 1.165) is 45.0 Å². The summed E-state index contributed by atoms with van der Waals surface area (Å²) in [5, 5.41) is 7.14. The lowest BCUT2D eigenvalue weighted by Crippen LogP contribution is -2.53. The van der Waals surface area contributed by atoms with Crippen molar-refractivity contribution in [3.05, 3.63) is 30.3 Å². The Hall–Kier alpha value is -1.55. The monoisotopic (exact) mass is 542 g/mol. The van der Waals surface area contributed by atoms with Crippen molar-refractivity contribution in [1.82, 2.24) is 20.4 Å². The van der Waals surface area contributed by atoms with Gasteiger partial charge < -0.3 is 20.4 Å². The molecular formula is C23H39IN6O. The number of hydrogen-bond donors (Lipinski definition) is 2. The average molecular weight is 543 g/mol. The van der Waals surface area contributed by atoms with Gasteiger partial charge in [-0.2, -0.15) is 0 Å². The minimum Gasteiger partial charge on any atom is -0.369 e. The molecule has 1 aromatic carbocycles. The zero-order valence-electron chi connectivity index (χ0n) is 19.2. The molecule has 2 aliphatic heterocycles. The molecule has 3 rings (SSSR count). The maximum absolute atomic E-state index is 12.1. The second kappa shape index (κ2) is 13.1. The molecule has 1 amide bonds. The Kier molecular flexibility index (Phi) is 10.9. The summed E-state index contributed by atoms with van der Waals surface area (Å²) in [6.45, 7) is 7.54. The molecule has 1 aromatic rings. The van der Waals surface area contributed by atoms with Gasteiger partial charge in [-0.05, 0) is 50.9 Å². The Balaban J connectivity index is 0.00000341. The predicted molar refractivity (Wildman–Crippen MR) is 139 cm³/mol. The summed E-state index contributed by atoms with van der Waals surface area (Å²) < 4.78 is 0. The molecule has 7 nitrogen and oxygen atoms in total. The number of nitrogens with zero attached hydrogens (tertiary/aromatic N) is 4. The van der Waals surface area contributed by atoms with Crippen LogP contribution in [0.3, 0.4) is 0 Å². The highest BCUT2D eigenvalue weighted by Crippen LogP contribution is 2.19. The molecule has 0 aromatic heterocycles. The predicted octanol–water partition coefficient (Wildman–Crippen LogP) is 2.38. The minimum absolute atomic E-state index is 0. The molecule has 31 heavy (non-hydrogen) atoms.